The summed E-state index contributed by atoms with van der Waals surface area (Å²) in [6, 6.07) is 13.7. The normalized spacial score (nSPS) is 11.1. The van der Waals surface area contributed by atoms with E-state index in [1.807, 2.05) is 42.5 Å². The fourth-order valence-electron chi connectivity index (χ4n) is 2.25. The molecule has 0 bridgehead atoms. The molecule has 0 saturated carbocycles. The summed E-state index contributed by atoms with van der Waals surface area (Å²) in [7, 11) is 0. The molecule has 20 heavy (non-hydrogen) atoms. The number of aryl methyl sites for hydroxylation is 2. The van der Waals surface area contributed by atoms with Crippen LogP contribution in [0.5, 0.6) is 0 Å². The van der Waals surface area contributed by atoms with Crippen molar-refractivity contribution in [3.05, 3.63) is 62.8 Å². The summed E-state index contributed by atoms with van der Waals surface area (Å²) in [5.74, 6) is 0. The zero-order valence-electron chi connectivity index (χ0n) is 10.6. The van der Waals surface area contributed by atoms with Gasteiger partial charge in [-0.25, -0.2) is 0 Å². The van der Waals surface area contributed by atoms with Crippen molar-refractivity contribution in [2.75, 3.05) is 0 Å². The van der Waals surface area contributed by atoms with Crippen LogP contribution in [0.3, 0.4) is 0 Å². The summed E-state index contributed by atoms with van der Waals surface area (Å²) in [6.45, 7) is 0.822. The molecule has 0 saturated heterocycles. The minimum absolute atomic E-state index is 0.707. The van der Waals surface area contributed by atoms with Gasteiger partial charge >= 0.3 is 0 Å². The molecule has 0 fully saturated rings. The van der Waals surface area contributed by atoms with E-state index < -0.39 is 0 Å². The fraction of sp³-hybridized carbons (Fsp3) is 0.133. The number of benzene rings is 2. The first kappa shape index (κ1) is 13.7. The SMILES string of the molecule is S=c1[nH]c2cc(Cl)ccc2n1CCc1ccc(Cl)cc1. The third-order valence-electron chi connectivity index (χ3n) is 3.27. The first-order chi connectivity index (χ1) is 9.63. The number of hydrogen-bond acceptors (Lipinski definition) is 1. The number of rotatable bonds is 3. The number of nitrogens with zero attached hydrogens (tertiary/aromatic N) is 1. The lowest BCUT2D eigenvalue weighted by Gasteiger charge is -2.05. The van der Waals surface area contributed by atoms with Gasteiger partial charge in [-0.05, 0) is 54.5 Å². The number of halogens is 2. The lowest BCUT2D eigenvalue weighted by molar-refractivity contribution is 0.706. The molecule has 5 heteroatoms. The predicted octanol–water partition coefficient (Wildman–Crippen LogP) is 5.25. The van der Waals surface area contributed by atoms with Gasteiger partial charge in [-0.3, -0.25) is 0 Å². The zero-order valence-corrected chi connectivity index (χ0v) is 12.9. The molecule has 2 aromatic carbocycles. The summed E-state index contributed by atoms with van der Waals surface area (Å²) < 4.78 is 2.81. The lowest BCUT2D eigenvalue weighted by Crippen LogP contribution is -2.01. The van der Waals surface area contributed by atoms with Crippen LogP contribution in [0.4, 0.5) is 0 Å². The zero-order chi connectivity index (χ0) is 14.1. The average Bonchev–Trinajstić information content (AvgIpc) is 2.73. The van der Waals surface area contributed by atoms with Gasteiger partial charge in [-0.1, -0.05) is 35.3 Å². The first-order valence-corrected chi connectivity index (χ1v) is 7.42. The number of aromatic nitrogens is 2. The molecule has 1 heterocycles. The minimum atomic E-state index is 0.707. The molecule has 3 rings (SSSR count). The third kappa shape index (κ3) is 2.75. The number of fused-ring (bicyclic) bond motifs is 1. The molecule has 0 amide bonds. The highest BCUT2D eigenvalue weighted by Crippen LogP contribution is 2.20. The van der Waals surface area contributed by atoms with Crippen molar-refractivity contribution in [1.82, 2.24) is 9.55 Å². The van der Waals surface area contributed by atoms with Crippen molar-refractivity contribution < 1.29 is 0 Å². The molecular weight excluding hydrogens is 311 g/mol. The molecular formula is C15H12Cl2N2S. The number of H-pyrrole nitrogens is 1. The molecule has 102 valence electrons. The van der Waals surface area contributed by atoms with Gasteiger partial charge < -0.3 is 9.55 Å². The van der Waals surface area contributed by atoms with E-state index >= 15 is 0 Å². The van der Waals surface area contributed by atoms with Crippen molar-refractivity contribution in [3.8, 4) is 0 Å². The van der Waals surface area contributed by atoms with Crippen LogP contribution in [-0.4, -0.2) is 9.55 Å². The molecule has 0 aliphatic rings. The van der Waals surface area contributed by atoms with Gasteiger partial charge in [-0.2, -0.15) is 0 Å². The average molecular weight is 323 g/mol. The quantitative estimate of drug-likeness (QED) is 0.653. The second kappa shape index (κ2) is 5.60. The maximum absolute atomic E-state index is 5.99. The Bertz CT molecular complexity index is 803. The lowest BCUT2D eigenvalue weighted by atomic mass is 10.1. The number of nitrogens with one attached hydrogen (secondary N) is 1. The Balaban J connectivity index is 1.89. The Hall–Kier alpha value is -1.29. The van der Waals surface area contributed by atoms with E-state index in [9.17, 15) is 0 Å². The van der Waals surface area contributed by atoms with Gasteiger partial charge in [0.2, 0.25) is 0 Å². The highest BCUT2D eigenvalue weighted by atomic mass is 35.5. The Morgan fingerprint density at radius 3 is 2.45 bits per heavy atom. The summed E-state index contributed by atoms with van der Waals surface area (Å²) in [5.41, 5.74) is 3.28. The molecule has 3 aromatic rings. The van der Waals surface area contributed by atoms with Crippen molar-refractivity contribution in [2.24, 2.45) is 0 Å². The molecule has 0 spiro atoms. The van der Waals surface area contributed by atoms with Gasteiger partial charge in [0.1, 0.15) is 0 Å². The summed E-state index contributed by atoms with van der Waals surface area (Å²) in [5, 5.41) is 1.46. The van der Waals surface area contributed by atoms with E-state index in [1.54, 1.807) is 0 Å². The maximum atomic E-state index is 5.99. The standard InChI is InChI=1S/C15H12Cl2N2S/c16-11-3-1-10(2-4-11)7-8-19-14-6-5-12(17)9-13(14)18-15(19)20/h1-6,9H,7-8H2,(H,18,20). The minimum Gasteiger partial charge on any atom is -0.331 e. The second-order valence-electron chi connectivity index (χ2n) is 4.62. The van der Waals surface area contributed by atoms with Crippen molar-refractivity contribution >= 4 is 46.5 Å². The van der Waals surface area contributed by atoms with Crippen molar-refractivity contribution in [2.45, 2.75) is 13.0 Å². The van der Waals surface area contributed by atoms with Gasteiger partial charge in [0.05, 0.1) is 11.0 Å². The van der Waals surface area contributed by atoms with Crippen molar-refractivity contribution in [1.29, 1.82) is 0 Å². The smallest absolute Gasteiger partial charge is 0.178 e. The summed E-state index contributed by atoms with van der Waals surface area (Å²) >= 11 is 17.3. The fourth-order valence-corrected chi connectivity index (χ4v) is 2.85. The van der Waals surface area contributed by atoms with Crippen molar-refractivity contribution in [3.63, 3.8) is 0 Å². The van der Waals surface area contributed by atoms with E-state index in [4.69, 9.17) is 35.4 Å². The van der Waals surface area contributed by atoms with Crippen LogP contribution in [0.2, 0.25) is 10.0 Å². The molecule has 0 unspecified atom stereocenters. The predicted molar refractivity (Wildman–Crippen MR) is 87.3 cm³/mol. The Kier molecular flexibility index (Phi) is 3.83. The molecule has 1 aromatic heterocycles. The highest BCUT2D eigenvalue weighted by Gasteiger charge is 2.05. The van der Waals surface area contributed by atoms with E-state index in [2.05, 4.69) is 9.55 Å². The van der Waals surface area contributed by atoms with Crippen LogP contribution in [-0.2, 0) is 13.0 Å². The molecule has 0 atom stereocenters. The summed E-state index contributed by atoms with van der Waals surface area (Å²) in [6.07, 6.45) is 0.904. The van der Waals surface area contributed by atoms with Crippen LogP contribution in [0.25, 0.3) is 11.0 Å². The summed E-state index contributed by atoms with van der Waals surface area (Å²) in [4.78, 5) is 3.19. The molecule has 0 aliphatic carbocycles. The molecule has 2 nitrogen and oxygen atoms in total. The Morgan fingerprint density at radius 2 is 1.70 bits per heavy atom. The first-order valence-electron chi connectivity index (χ1n) is 6.26. The molecule has 1 N–H and O–H groups in total. The van der Waals surface area contributed by atoms with Crippen LogP contribution in [0.1, 0.15) is 5.56 Å². The van der Waals surface area contributed by atoms with Crippen LogP contribution >= 0.6 is 35.4 Å². The largest absolute Gasteiger partial charge is 0.331 e. The van der Waals surface area contributed by atoms with Gasteiger partial charge in [-0.15, -0.1) is 0 Å². The number of hydrogen-bond donors (Lipinski definition) is 1. The Labute approximate surface area is 132 Å². The topological polar surface area (TPSA) is 20.7 Å². The van der Waals surface area contributed by atoms with Gasteiger partial charge in [0, 0.05) is 16.6 Å². The monoisotopic (exact) mass is 322 g/mol. The Morgan fingerprint density at radius 1 is 1.00 bits per heavy atom. The second-order valence-corrected chi connectivity index (χ2v) is 5.88. The van der Waals surface area contributed by atoms with E-state index in [0.29, 0.717) is 5.02 Å². The highest BCUT2D eigenvalue weighted by molar-refractivity contribution is 7.71. The van der Waals surface area contributed by atoms with E-state index in [1.165, 1.54) is 5.56 Å². The van der Waals surface area contributed by atoms with E-state index in [0.717, 1.165) is 33.8 Å². The number of imidazole rings is 1. The van der Waals surface area contributed by atoms with Crippen LogP contribution in [0.15, 0.2) is 42.5 Å². The van der Waals surface area contributed by atoms with Crippen LogP contribution < -0.4 is 0 Å². The van der Waals surface area contributed by atoms with Crippen LogP contribution in [0, 0.1) is 4.77 Å². The van der Waals surface area contributed by atoms with Gasteiger partial charge in [0.25, 0.3) is 0 Å². The molecule has 0 aliphatic heterocycles. The molecule has 0 radical (unpaired) electrons. The maximum Gasteiger partial charge on any atom is 0.178 e. The van der Waals surface area contributed by atoms with Gasteiger partial charge in [0.15, 0.2) is 4.77 Å². The third-order valence-corrected chi connectivity index (χ3v) is 4.08. The van der Waals surface area contributed by atoms with E-state index in [-0.39, 0.29) is 0 Å². The number of aromatic amines is 1.